The molecule has 0 aliphatic carbocycles. The number of rotatable bonds is 2. The Morgan fingerprint density at radius 1 is 0.704 bits per heavy atom. The van der Waals surface area contributed by atoms with Crippen LogP contribution < -0.4 is 0 Å². The molecule has 0 saturated carbocycles. The molecule has 2 heterocycles. The summed E-state index contributed by atoms with van der Waals surface area (Å²) in [6, 6.07) is 28.1. The minimum Gasteiger partial charge on any atom is -0.508 e. The Hall–Kier alpha value is -2.77. The summed E-state index contributed by atoms with van der Waals surface area (Å²) < 4.78 is 0. The third-order valence-corrected chi connectivity index (χ3v) is 3.65. The van der Waals surface area contributed by atoms with Gasteiger partial charge in [0.25, 0.3) is 0 Å². The first-order chi connectivity index (χ1) is 12.7. The molecule has 2 aromatic heterocycles. The van der Waals surface area contributed by atoms with Crippen LogP contribution in [0, 0.1) is 13.0 Å². The third kappa shape index (κ3) is 6.16. The van der Waals surface area contributed by atoms with E-state index in [1.807, 2.05) is 42.5 Å². The molecule has 0 saturated heterocycles. The number of hydrogen-bond donors (Lipinski definition) is 1. The molecule has 0 aliphatic rings. The van der Waals surface area contributed by atoms with Gasteiger partial charge in [0.15, 0.2) is 0 Å². The maximum absolute atomic E-state index is 8.63. The molecule has 0 aliphatic heterocycles. The van der Waals surface area contributed by atoms with Crippen LogP contribution in [0.2, 0.25) is 0 Å². The predicted octanol–water partition coefficient (Wildman–Crippen LogP) is 5.31. The van der Waals surface area contributed by atoms with Gasteiger partial charge in [0.1, 0.15) is 5.75 Å². The minimum absolute atomic E-state index is 0. The zero-order chi connectivity index (χ0) is 18.2. The monoisotopic (exact) mass is 534 g/mol. The van der Waals surface area contributed by atoms with Crippen LogP contribution in [0.4, 0.5) is 0 Å². The van der Waals surface area contributed by atoms with Crippen molar-refractivity contribution < 1.29 is 26.2 Å². The average molecular weight is 534 g/mol. The first-order valence-electron chi connectivity index (χ1n) is 8.33. The molecule has 0 fully saturated rings. The Morgan fingerprint density at radius 3 is 1.56 bits per heavy atom. The molecule has 0 unspecified atom stereocenters. The second-order valence-electron chi connectivity index (χ2n) is 5.75. The van der Waals surface area contributed by atoms with E-state index in [2.05, 4.69) is 35.1 Å². The Bertz CT molecular complexity index is 888. The summed E-state index contributed by atoms with van der Waals surface area (Å²) in [6.07, 6.45) is 3.60. The Kier molecular flexibility index (Phi) is 7.91. The molecule has 3 nitrogen and oxygen atoms in total. The summed E-state index contributed by atoms with van der Waals surface area (Å²) in [6.45, 7) is 2.08. The molecule has 27 heavy (non-hydrogen) atoms. The Morgan fingerprint density at radius 2 is 1.19 bits per heavy atom. The van der Waals surface area contributed by atoms with Gasteiger partial charge < -0.3 is 5.11 Å². The summed E-state index contributed by atoms with van der Waals surface area (Å²) in [5.41, 5.74) is 5.05. The second kappa shape index (κ2) is 10.4. The first kappa shape index (κ1) is 20.5. The minimum atomic E-state index is 0. The molecule has 0 amide bonds. The third-order valence-electron chi connectivity index (χ3n) is 3.65. The van der Waals surface area contributed by atoms with Crippen LogP contribution in [0.15, 0.2) is 91.3 Å². The molecular formula is C23H19N2OPt-. The fraction of sp³-hybridized carbons (Fsp3) is 0.0435. The van der Waals surface area contributed by atoms with Gasteiger partial charge in [0.05, 0.1) is 0 Å². The number of phenolic OH excluding ortho intramolecular Hbond substituents is 1. The van der Waals surface area contributed by atoms with Gasteiger partial charge in [-0.3, -0.25) is 9.97 Å². The van der Waals surface area contributed by atoms with E-state index < -0.39 is 0 Å². The maximum Gasteiger partial charge on any atom is 0.115 e. The number of pyridine rings is 2. The largest absolute Gasteiger partial charge is 0.508 e. The number of benzene rings is 2. The molecule has 4 heteroatoms. The van der Waals surface area contributed by atoms with Gasteiger partial charge in [-0.2, -0.15) is 0 Å². The van der Waals surface area contributed by atoms with Crippen molar-refractivity contribution in [3.05, 3.63) is 103 Å². The number of hydrogen-bond acceptors (Lipinski definition) is 3. The number of aromatic hydroxyl groups is 1. The zero-order valence-corrected chi connectivity index (χ0v) is 17.1. The van der Waals surface area contributed by atoms with Crippen molar-refractivity contribution in [1.29, 1.82) is 0 Å². The van der Waals surface area contributed by atoms with Crippen LogP contribution in [0.25, 0.3) is 22.5 Å². The topological polar surface area (TPSA) is 46.0 Å². The first-order valence-corrected chi connectivity index (χ1v) is 8.33. The van der Waals surface area contributed by atoms with E-state index in [-0.39, 0.29) is 21.1 Å². The molecule has 0 radical (unpaired) electrons. The fourth-order valence-corrected chi connectivity index (χ4v) is 2.46. The van der Waals surface area contributed by atoms with Gasteiger partial charge >= 0.3 is 0 Å². The predicted molar refractivity (Wildman–Crippen MR) is 105 cm³/mol. The second-order valence-corrected chi connectivity index (χ2v) is 5.75. The van der Waals surface area contributed by atoms with E-state index in [9.17, 15) is 0 Å². The van der Waals surface area contributed by atoms with E-state index in [1.54, 1.807) is 36.7 Å². The molecule has 0 spiro atoms. The maximum atomic E-state index is 8.63. The molecule has 0 atom stereocenters. The Labute approximate surface area is 174 Å². The zero-order valence-electron chi connectivity index (χ0n) is 14.8. The number of phenols is 1. The SMILES string of the molecule is Cc1cc(-c2ccccn2)[c-]c(-c2ccccn2)c1.Oc1ccccc1.[Pt]. The summed E-state index contributed by atoms with van der Waals surface area (Å²) in [5.74, 6) is 0.322. The van der Waals surface area contributed by atoms with Crippen molar-refractivity contribution >= 4 is 0 Å². The smallest absolute Gasteiger partial charge is 0.115 e. The normalized spacial score (nSPS) is 9.52. The molecule has 2 aromatic carbocycles. The average Bonchev–Trinajstić information content (AvgIpc) is 2.70. The van der Waals surface area contributed by atoms with Gasteiger partial charge in [0, 0.05) is 44.8 Å². The van der Waals surface area contributed by atoms with Crippen molar-refractivity contribution in [3.63, 3.8) is 0 Å². The van der Waals surface area contributed by atoms with Crippen molar-refractivity contribution in [3.8, 4) is 28.3 Å². The van der Waals surface area contributed by atoms with Crippen LogP contribution in [0.5, 0.6) is 5.75 Å². The quantitative estimate of drug-likeness (QED) is 0.355. The molecule has 0 bridgehead atoms. The molecule has 4 rings (SSSR count). The number of aryl methyl sites for hydroxylation is 1. The van der Waals surface area contributed by atoms with E-state index in [0.29, 0.717) is 5.75 Å². The van der Waals surface area contributed by atoms with Crippen molar-refractivity contribution in [2.75, 3.05) is 0 Å². The van der Waals surface area contributed by atoms with Gasteiger partial charge in [0.2, 0.25) is 0 Å². The van der Waals surface area contributed by atoms with Crippen LogP contribution in [0.1, 0.15) is 5.56 Å². The van der Waals surface area contributed by atoms with E-state index in [4.69, 9.17) is 5.11 Å². The van der Waals surface area contributed by atoms with Gasteiger partial charge in [-0.25, -0.2) is 0 Å². The van der Waals surface area contributed by atoms with E-state index in [1.165, 1.54) is 5.56 Å². The Balaban J connectivity index is 0.000000278. The van der Waals surface area contributed by atoms with Crippen LogP contribution >= 0.6 is 0 Å². The van der Waals surface area contributed by atoms with Gasteiger partial charge in [-0.1, -0.05) is 60.5 Å². The number of nitrogens with zero attached hydrogens (tertiary/aromatic N) is 2. The van der Waals surface area contributed by atoms with Crippen molar-refractivity contribution in [1.82, 2.24) is 9.97 Å². The van der Waals surface area contributed by atoms with Crippen molar-refractivity contribution in [2.24, 2.45) is 0 Å². The van der Waals surface area contributed by atoms with Crippen LogP contribution in [-0.4, -0.2) is 15.1 Å². The summed E-state index contributed by atoms with van der Waals surface area (Å²) >= 11 is 0. The van der Waals surface area contributed by atoms with E-state index >= 15 is 0 Å². The molecular weight excluding hydrogens is 515 g/mol. The summed E-state index contributed by atoms with van der Waals surface area (Å²) in [7, 11) is 0. The molecule has 4 aromatic rings. The standard InChI is InChI=1S/C17H13N2.C6H6O.Pt/c1-13-10-14(16-6-2-4-8-18-16)12-15(11-13)17-7-3-5-9-19-17;7-6-4-2-1-3-5-6;/h2-11H,1H3;1-5,7H;/q-1;;. The summed E-state index contributed by atoms with van der Waals surface area (Å²) in [4.78, 5) is 8.75. The van der Waals surface area contributed by atoms with Crippen molar-refractivity contribution in [2.45, 2.75) is 6.92 Å². The fourth-order valence-electron chi connectivity index (χ4n) is 2.46. The van der Waals surface area contributed by atoms with Crippen LogP contribution in [0.3, 0.4) is 0 Å². The summed E-state index contributed by atoms with van der Waals surface area (Å²) in [5, 5.41) is 8.63. The van der Waals surface area contributed by atoms with Gasteiger partial charge in [-0.15, -0.1) is 23.8 Å². The van der Waals surface area contributed by atoms with Crippen LogP contribution in [-0.2, 0) is 21.1 Å². The van der Waals surface area contributed by atoms with Gasteiger partial charge in [-0.05, 0) is 24.3 Å². The number of para-hydroxylation sites is 1. The van der Waals surface area contributed by atoms with E-state index in [0.717, 1.165) is 22.5 Å². The molecule has 138 valence electrons. The number of aromatic nitrogens is 2. The molecule has 1 N–H and O–H groups in total.